The second-order valence-corrected chi connectivity index (χ2v) is 9.10. The van der Waals surface area contributed by atoms with Crippen molar-refractivity contribution in [3.8, 4) is 11.8 Å². The lowest BCUT2D eigenvalue weighted by molar-refractivity contribution is -0.137. The largest absolute Gasteiger partial charge is 0.416 e. The molecule has 0 saturated carbocycles. The van der Waals surface area contributed by atoms with Crippen LogP contribution in [0, 0.1) is 11.8 Å². The van der Waals surface area contributed by atoms with E-state index in [0.29, 0.717) is 29.0 Å². The standard InChI is InChI=1S/C27H24F3N7O/c1-35-7-9-36(10-8-35)18-20-12-22(27(28,29)30)14-23(13-20)34-26(38)21-11-19(15-31-16-21)4-5-24-17-32-25-3-2-6-33-37(24)25/h2-3,6,11-17H,7-10,18H2,1H3,(H,34,38). The molecule has 0 unspecified atom stereocenters. The summed E-state index contributed by atoms with van der Waals surface area (Å²) in [5.41, 5.74) is 1.60. The van der Waals surface area contributed by atoms with Gasteiger partial charge in [-0.3, -0.25) is 14.7 Å². The molecule has 4 aromatic rings. The molecule has 8 nitrogen and oxygen atoms in total. The van der Waals surface area contributed by atoms with E-state index in [2.05, 4.69) is 42.0 Å². The van der Waals surface area contributed by atoms with E-state index < -0.39 is 17.6 Å². The van der Waals surface area contributed by atoms with Crippen LogP contribution in [-0.4, -0.2) is 68.5 Å². The molecular formula is C27H24F3N7O. The van der Waals surface area contributed by atoms with Gasteiger partial charge in [0, 0.05) is 62.6 Å². The highest BCUT2D eigenvalue weighted by molar-refractivity contribution is 6.04. The molecule has 38 heavy (non-hydrogen) atoms. The third kappa shape index (κ3) is 5.99. The fourth-order valence-corrected chi connectivity index (χ4v) is 4.17. The third-order valence-electron chi connectivity index (χ3n) is 6.19. The number of pyridine rings is 1. The number of hydrogen-bond donors (Lipinski definition) is 1. The Morgan fingerprint density at radius 1 is 1.05 bits per heavy atom. The molecule has 194 valence electrons. The topological polar surface area (TPSA) is 78.7 Å². The highest BCUT2D eigenvalue weighted by Gasteiger charge is 2.31. The van der Waals surface area contributed by atoms with Crippen molar-refractivity contribution in [2.45, 2.75) is 12.7 Å². The molecule has 1 fully saturated rings. The summed E-state index contributed by atoms with van der Waals surface area (Å²) in [5.74, 6) is 5.31. The number of carbonyl (C=O) groups is 1. The van der Waals surface area contributed by atoms with Gasteiger partial charge >= 0.3 is 6.18 Å². The molecule has 1 aliphatic rings. The minimum absolute atomic E-state index is 0.0715. The number of alkyl halides is 3. The van der Waals surface area contributed by atoms with E-state index in [9.17, 15) is 18.0 Å². The smallest absolute Gasteiger partial charge is 0.322 e. The second-order valence-electron chi connectivity index (χ2n) is 9.10. The van der Waals surface area contributed by atoms with E-state index >= 15 is 0 Å². The number of anilines is 1. The Morgan fingerprint density at radius 3 is 2.66 bits per heavy atom. The minimum Gasteiger partial charge on any atom is -0.322 e. The Balaban J connectivity index is 1.35. The highest BCUT2D eigenvalue weighted by atomic mass is 19.4. The zero-order chi connectivity index (χ0) is 26.7. The molecule has 0 aliphatic carbocycles. The van der Waals surface area contributed by atoms with Gasteiger partial charge < -0.3 is 10.2 Å². The van der Waals surface area contributed by atoms with Gasteiger partial charge in [-0.25, -0.2) is 9.50 Å². The average Bonchev–Trinajstić information content (AvgIpc) is 3.31. The minimum atomic E-state index is -4.54. The second kappa shape index (κ2) is 10.6. The van der Waals surface area contributed by atoms with Crippen LogP contribution in [0.1, 0.15) is 32.7 Å². The molecule has 1 aliphatic heterocycles. The highest BCUT2D eigenvalue weighted by Crippen LogP contribution is 2.32. The molecule has 0 spiro atoms. The van der Waals surface area contributed by atoms with E-state index in [1.54, 1.807) is 35.1 Å². The number of hydrogen-bond acceptors (Lipinski definition) is 6. The van der Waals surface area contributed by atoms with Crippen LogP contribution in [0.4, 0.5) is 18.9 Å². The summed E-state index contributed by atoms with van der Waals surface area (Å²) in [6, 6.07) is 8.77. The number of fused-ring (bicyclic) bond motifs is 1. The Morgan fingerprint density at radius 2 is 1.87 bits per heavy atom. The molecule has 0 bridgehead atoms. The number of aromatic nitrogens is 4. The van der Waals surface area contributed by atoms with E-state index in [1.165, 1.54) is 18.5 Å². The van der Waals surface area contributed by atoms with Gasteiger partial charge in [0.05, 0.1) is 17.3 Å². The maximum absolute atomic E-state index is 13.6. The number of carbonyl (C=O) groups excluding carboxylic acids is 1. The molecule has 1 saturated heterocycles. The zero-order valence-electron chi connectivity index (χ0n) is 20.5. The van der Waals surface area contributed by atoms with Gasteiger partial charge in [-0.05, 0) is 54.9 Å². The number of nitrogens with one attached hydrogen (secondary N) is 1. The maximum Gasteiger partial charge on any atom is 0.416 e. The van der Waals surface area contributed by atoms with Crippen LogP contribution in [0.3, 0.4) is 0 Å². The fraction of sp³-hybridized carbons (Fsp3) is 0.259. The van der Waals surface area contributed by atoms with Crippen molar-refractivity contribution >= 4 is 17.2 Å². The van der Waals surface area contributed by atoms with E-state index in [0.717, 1.165) is 38.3 Å². The molecule has 4 heterocycles. The van der Waals surface area contributed by atoms with Crippen molar-refractivity contribution < 1.29 is 18.0 Å². The molecule has 1 aromatic carbocycles. The summed E-state index contributed by atoms with van der Waals surface area (Å²) < 4.78 is 42.5. The maximum atomic E-state index is 13.6. The number of piperazine rings is 1. The lowest BCUT2D eigenvalue weighted by atomic mass is 10.1. The zero-order valence-corrected chi connectivity index (χ0v) is 20.5. The van der Waals surface area contributed by atoms with Gasteiger partial charge in [-0.1, -0.05) is 5.92 Å². The molecule has 5 rings (SSSR count). The van der Waals surface area contributed by atoms with Crippen LogP contribution in [-0.2, 0) is 12.7 Å². The number of benzene rings is 1. The molecule has 11 heteroatoms. The van der Waals surface area contributed by atoms with Gasteiger partial charge in [0.1, 0.15) is 5.69 Å². The monoisotopic (exact) mass is 519 g/mol. The van der Waals surface area contributed by atoms with Crippen LogP contribution in [0.25, 0.3) is 5.65 Å². The summed E-state index contributed by atoms with van der Waals surface area (Å²) in [4.78, 5) is 25.5. The quantitative estimate of drug-likeness (QED) is 0.416. The van der Waals surface area contributed by atoms with Crippen LogP contribution in [0.15, 0.2) is 61.2 Å². The molecule has 0 radical (unpaired) electrons. The van der Waals surface area contributed by atoms with Gasteiger partial charge in [-0.2, -0.15) is 18.3 Å². The Labute approximate surface area is 217 Å². The first-order valence-corrected chi connectivity index (χ1v) is 11.9. The van der Waals surface area contributed by atoms with Crippen molar-refractivity contribution in [3.05, 3.63) is 89.1 Å². The van der Waals surface area contributed by atoms with E-state index in [-0.39, 0.29) is 11.3 Å². The normalized spacial score (nSPS) is 14.7. The molecule has 1 amide bonds. The summed E-state index contributed by atoms with van der Waals surface area (Å²) in [6.07, 6.45) is 1.51. The number of nitrogens with zero attached hydrogens (tertiary/aromatic N) is 6. The van der Waals surface area contributed by atoms with Gasteiger partial charge in [0.25, 0.3) is 5.91 Å². The van der Waals surface area contributed by atoms with Crippen LogP contribution in [0.2, 0.25) is 0 Å². The summed E-state index contributed by atoms with van der Waals surface area (Å²) in [6.45, 7) is 3.59. The average molecular weight is 520 g/mol. The fourth-order valence-electron chi connectivity index (χ4n) is 4.17. The van der Waals surface area contributed by atoms with Crippen molar-refractivity contribution in [3.63, 3.8) is 0 Å². The third-order valence-corrected chi connectivity index (χ3v) is 6.19. The Bertz CT molecular complexity index is 1530. The van der Waals surface area contributed by atoms with Gasteiger partial charge in [-0.15, -0.1) is 0 Å². The van der Waals surface area contributed by atoms with Crippen molar-refractivity contribution in [2.75, 3.05) is 38.5 Å². The predicted octanol–water partition coefficient (Wildman–Crippen LogP) is 3.54. The lowest BCUT2D eigenvalue weighted by Gasteiger charge is -2.32. The molecule has 1 N–H and O–H groups in total. The first-order chi connectivity index (χ1) is 18.2. The first kappa shape index (κ1) is 25.4. The van der Waals surface area contributed by atoms with Gasteiger partial charge in [0.2, 0.25) is 0 Å². The summed E-state index contributed by atoms with van der Waals surface area (Å²) in [7, 11) is 2.02. The number of rotatable bonds is 4. The van der Waals surface area contributed by atoms with E-state index in [4.69, 9.17) is 0 Å². The number of halogens is 3. The van der Waals surface area contributed by atoms with Crippen LogP contribution < -0.4 is 5.32 Å². The SMILES string of the molecule is CN1CCN(Cc2cc(NC(=O)c3cncc(C#Cc4cnc5cccnn45)c3)cc(C(F)(F)F)c2)CC1. The molecule has 0 atom stereocenters. The number of likely N-dealkylation sites (N-methyl/N-ethyl adjacent to an activating group) is 1. The summed E-state index contributed by atoms with van der Waals surface area (Å²) in [5, 5.41) is 6.80. The summed E-state index contributed by atoms with van der Waals surface area (Å²) >= 11 is 0. The Kier molecular flexibility index (Phi) is 7.09. The van der Waals surface area contributed by atoms with Crippen molar-refractivity contribution in [2.24, 2.45) is 0 Å². The lowest BCUT2D eigenvalue weighted by Crippen LogP contribution is -2.43. The van der Waals surface area contributed by atoms with Crippen LogP contribution in [0.5, 0.6) is 0 Å². The van der Waals surface area contributed by atoms with Crippen molar-refractivity contribution in [1.82, 2.24) is 29.4 Å². The number of amides is 1. The van der Waals surface area contributed by atoms with Crippen molar-refractivity contribution in [1.29, 1.82) is 0 Å². The van der Waals surface area contributed by atoms with Crippen LogP contribution >= 0.6 is 0 Å². The van der Waals surface area contributed by atoms with Gasteiger partial charge in [0.15, 0.2) is 5.65 Å². The van der Waals surface area contributed by atoms with E-state index in [1.807, 2.05) is 7.05 Å². The molecule has 3 aromatic heterocycles. The number of imidazole rings is 1. The Hall–Kier alpha value is -4.27. The first-order valence-electron chi connectivity index (χ1n) is 11.9. The predicted molar refractivity (Wildman–Crippen MR) is 135 cm³/mol. The molecular weight excluding hydrogens is 495 g/mol.